The van der Waals surface area contributed by atoms with Crippen molar-refractivity contribution in [2.24, 2.45) is 5.73 Å². The highest BCUT2D eigenvalue weighted by atomic mass is 16.5. The van der Waals surface area contributed by atoms with Gasteiger partial charge in [0, 0.05) is 17.9 Å². The van der Waals surface area contributed by atoms with E-state index >= 15 is 0 Å². The van der Waals surface area contributed by atoms with Crippen LogP contribution in [0.25, 0.3) is 27.8 Å². The van der Waals surface area contributed by atoms with Gasteiger partial charge in [-0.1, -0.05) is 18.2 Å². The first-order valence-corrected chi connectivity index (χ1v) is 8.89. The van der Waals surface area contributed by atoms with Gasteiger partial charge in [0.15, 0.2) is 0 Å². The summed E-state index contributed by atoms with van der Waals surface area (Å²) in [4.78, 5) is 13.0. The van der Waals surface area contributed by atoms with Crippen LogP contribution in [-0.2, 0) is 0 Å². The first-order chi connectivity index (χ1) is 13.6. The van der Waals surface area contributed by atoms with E-state index in [9.17, 15) is 0 Å². The number of hydrogen-bond donors (Lipinski definition) is 1. The Labute approximate surface area is 162 Å². The summed E-state index contributed by atoms with van der Waals surface area (Å²) in [6.07, 6.45) is 3.52. The molecule has 0 bridgehead atoms. The number of ether oxygens (including phenoxy) is 2. The number of aromatic nitrogens is 4. The first kappa shape index (κ1) is 17.9. The average molecular weight is 375 g/mol. The number of rotatable bonds is 5. The molecule has 0 fully saturated rings. The lowest BCUT2D eigenvalue weighted by molar-refractivity contribution is 0.353. The zero-order chi connectivity index (χ0) is 19.7. The molecule has 1 atom stereocenters. The van der Waals surface area contributed by atoms with Crippen LogP contribution in [0.1, 0.15) is 18.5 Å². The van der Waals surface area contributed by atoms with Gasteiger partial charge < -0.3 is 15.2 Å². The molecule has 4 aromatic rings. The summed E-state index contributed by atoms with van der Waals surface area (Å²) in [7, 11) is 3.10. The van der Waals surface area contributed by atoms with Gasteiger partial charge in [0.25, 0.3) is 0 Å². The van der Waals surface area contributed by atoms with E-state index in [2.05, 4.69) is 15.0 Å². The number of hydrogen-bond acceptors (Lipinski definition) is 6. The topological polar surface area (TPSA) is 88.1 Å². The van der Waals surface area contributed by atoms with E-state index in [0.29, 0.717) is 5.88 Å². The van der Waals surface area contributed by atoms with E-state index in [4.69, 9.17) is 15.2 Å². The average Bonchev–Trinajstić information content (AvgIpc) is 3.16. The molecule has 0 saturated heterocycles. The van der Waals surface area contributed by atoms with Crippen LogP contribution in [0.4, 0.5) is 0 Å². The monoisotopic (exact) mass is 375 g/mol. The minimum absolute atomic E-state index is 0.0274. The zero-order valence-corrected chi connectivity index (χ0v) is 16.0. The third-order valence-electron chi connectivity index (χ3n) is 4.64. The summed E-state index contributed by atoms with van der Waals surface area (Å²) in [5.74, 6) is 0.459. The number of methoxy groups -OCH3 is 2. The van der Waals surface area contributed by atoms with Crippen molar-refractivity contribution in [3.8, 4) is 28.7 Å². The second-order valence-corrected chi connectivity index (χ2v) is 6.48. The lowest BCUT2D eigenvalue weighted by atomic mass is 10.1. The lowest BCUT2D eigenvalue weighted by Gasteiger charge is -2.11. The lowest BCUT2D eigenvalue weighted by Crippen LogP contribution is -2.04. The Balaban J connectivity index is 1.79. The fourth-order valence-corrected chi connectivity index (χ4v) is 3.14. The van der Waals surface area contributed by atoms with E-state index in [0.717, 1.165) is 33.4 Å². The fourth-order valence-electron chi connectivity index (χ4n) is 3.14. The predicted octanol–water partition coefficient (Wildman–Crippen LogP) is 3.52. The van der Waals surface area contributed by atoms with Crippen molar-refractivity contribution in [1.29, 1.82) is 0 Å². The van der Waals surface area contributed by atoms with Crippen LogP contribution in [0, 0.1) is 0 Å². The minimum Gasteiger partial charge on any atom is -0.480 e. The van der Waals surface area contributed by atoms with Gasteiger partial charge in [-0.05, 0) is 42.3 Å². The molecular weight excluding hydrogens is 354 g/mol. The maximum absolute atomic E-state index is 5.99. The molecule has 4 rings (SSSR count). The molecule has 0 radical (unpaired) electrons. The van der Waals surface area contributed by atoms with E-state index in [1.165, 1.54) is 7.11 Å². The summed E-state index contributed by atoms with van der Waals surface area (Å²) in [5.41, 5.74) is 11.7. The Bertz CT molecular complexity index is 1140. The molecule has 2 N–H and O–H groups in total. The van der Waals surface area contributed by atoms with Crippen molar-refractivity contribution < 1.29 is 9.47 Å². The molecule has 0 saturated carbocycles. The quantitative estimate of drug-likeness (QED) is 0.574. The summed E-state index contributed by atoms with van der Waals surface area (Å²) in [6.45, 7) is 1.96. The maximum Gasteiger partial charge on any atom is 0.319 e. The minimum atomic E-state index is -0.0274. The summed E-state index contributed by atoms with van der Waals surface area (Å²) < 4.78 is 12.5. The molecule has 2 aromatic carbocycles. The van der Waals surface area contributed by atoms with Crippen molar-refractivity contribution in [2.75, 3.05) is 14.2 Å². The van der Waals surface area contributed by atoms with E-state index in [1.807, 2.05) is 60.3 Å². The van der Waals surface area contributed by atoms with Crippen molar-refractivity contribution in [2.45, 2.75) is 13.0 Å². The Morgan fingerprint density at radius 2 is 1.89 bits per heavy atom. The standard InChI is InChI=1S/C21H21N5O2/c1-13(22)14-7-8-19-18(10-14)24-12-26(19)16-6-4-5-15(9-16)17-11-23-21(28-3)25-20(17)27-2/h4-13H,22H2,1-3H3. The highest BCUT2D eigenvalue weighted by molar-refractivity contribution is 5.79. The van der Waals surface area contributed by atoms with Crippen LogP contribution in [0.15, 0.2) is 55.0 Å². The molecule has 0 aliphatic rings. The smallest absolute Gasteiger partial charge is 0.319 e. The van der Waals surface area contributed by atoms with Gasteiger partial charge in [0.05, 0.1) is 30.8 Å². The van der Waals surface area contributed by atoms with Crippen LogP contribution in [0.5, 0.6) is 11.9 Å². The van der Waals surface area contributed by atoms with Crippen LogP contribution >= 0.6 is 0 Å². The van der Waals surface area contributed by atoms with Crippen LogP contribution in [0.2, 0.25) is 0 Å². The Morgan fingerprint density at radius 1 is 1.04 bits per heavy atom. The van der Waals surface area contributed by atoms with Crippen molar-refractivity contribution in [3.05, 3.63) is 60.6 Å². The molecule has 1 unspecified atom stereocenters. The van der Waals surface area contributed by atoms with Gasteiger partial charge in [-0.25, -0.2) is 9.97 Å². The van der Waals surface area contributed by atoms with Crippen LogP contribution in [-0.4, -0.2) is 33.7 Å². The molecule has 2 heterocycles. The molecule has 0 aliphatic carbocycles. The second kappa shape index (κ2) is 7.28. The molecule has 2 aromatic heterocycles. The van der Waals surface area contributed by atoms with Crippen molar-refractivity contribution in [1.82, 2.24) is 19.5 Å². The molecule has 0 aliphatic heterocycles. The molecular formula is C21H21N5O2. The zero-order valence-electron chi connectivity index (χ0n) is 16.0. The van der Waals surface area contributed by atoms with E-state index in [-0.39, 0.29) is 12.1 Å². The molecule has 0 spiro atoms. The van der Waals surface area contributed by atoms with Crippen molar-refractivity contribution in [3.63, 3.8) is 0 Å². The number of nitrogens with zero attached hydrogens (tertiary/aromatic N) is 4. The summed E-state index contributed by atoms with van der Waals surface area (Å²) in [6, 6.07) is 14.4. The van der Waals surface area contributed by atoms with Gasteiger partial charge in [-0.2, -0.15) is 4.98 Å². The van der Waals surface area contributed by atoms with Gasteiger partial charge in [0.1, 0.15) is 6.33 Å². The Morgan fingerprint density at radius 3 is 2.64 bits per heavy atom. The van der Waals surface area contributed by atoms with Gasteiger partial charge in [-0.3, -0.25) is 4.57 Å². The largest absolute Gasteiger partial charge is 0.480 e. The Kier molecular flexibility index (Phi) is 4.67. The Hall–Kier alpha value is -3.45. The van der Waals surface area contributed by atoms with Gasteiger partial charge in [0.2, 0.25) is 5.88 Å². The number of imidazole rings is 1. The highest BCUT2D eigenvalue weighted by Crippen LogP contribution is 2.31. The molecule has 0 amide bonds. The predicted molar refractivity (Wildman–Crippen MR) is 108 cm³/mol. The maximum atomic E-state index is 5.99. The van der Waals surface area contributed by atoms with Crippen LogP contribution < -0.4 is 15.2 Å². The molecule has 7 nitrogen and oxygen atoms in total. The van der Waals surface area contributed by atoms with E-state index in [1.54, 1.807) is 13.3 Å². The second-order valence-electron chi connectivity index (χ2n) is 6.48. The fraction of sp³-hybridized carbons (Fsp3) is 0.190. The van der Waals surface area contributed by atoms with Crippen LogP contribution in [0.3, 0.4) is 0 Å². The SMILES string of the molecule is COc1ncc(-c2cccc(-n3cnc4cc(C(C)N)ccc43)c2)c(OC)n1. The summed E-state index contributed by atoms with van der Waals surface area (Å²) in [5, 5.41) is 0. The normalized spacial score (nSPS) is 12.1. The highest BCUT2D eigenvalue weighted by Gasteiger charge is 2.13. The molecule has 28 heavy (non-hydrogen) atoms. The third kappa shape index (κ3) is 3.16. The number of benzene rings is 2. The first-order valence-electron chi connectivity index (χ1n) is 8.89. The molecule has 7 heteroatoms. The van der Waals surface area contributed by atoms with Gasteiger partial charge in [-0.15, -0.1) is 0 Å². The molecule has 142 valence electrons. The van der Waals surface area contributed by atoms with Gasteiger partial charge >= 0.3 is 6.01 Å². The van der Waals surface area contributed by atoms with Crippen molar-refractivity contribution >= 4 is 11.0 Å². The number of nitrogens with two attached hydrogens (primary N) is 1. The third-order valence-corrected chi connectivity index (χ3v) is 4.64. The number of fused-ring (bicyclic) bond motifs is 1. The summed E-state index contributed by atoms with van der Waals surface area (Å²) >= 11 is 0. The van der Waals surface area contributed by atoms with E-state index < -0.39 is 0 Å².